The number of aromatic nitrogens is 4. The molecule has 8 heteroatoms. The highest BCUT2D eigenvalue weighted by Gasteiger charge is 2.17. The van der Waals surface area contributed by atoms with Crippen molar-refractivity contribution in [3.8, 4) is 17.0 Å². The average molecular weight is 357 g/mol. The number of ether oxygens (including phenoxy) is 1. The smallest absolute Gasteiger partial charge is 0.275 e. The predicted molar refractivity (Wildman–Crippen MR) is 97.1 cm³/mol. The van der Waals surface area contributed by atoms with Crippen LogP contribution in [0.5, 0.6) is 5.75 Å². The van der Waals surface area contributed by atoms with Gasteiger partial charge in [-0.2, -0.15) is 5.10 Å². The molecule has 2 aromatic heterocycles. The Kier molecular flexibility index (Phi) is 4.80. The Bertz CT molecular complexity index is 883. The summed E-state index contributed by atoms with van der Waals surface area (Å²) >= 11 is 1.38. The Morgan fingerprint density at radius 2 is 1.96 bits per heavy atom. The van der Waals surface area contributed by atoms with Crippen LogP contribution in [0.1, 0.15) is 35.3 Å². The first-order valence-electron chi connectivity index (χ1n) is 7.81. The Morgan fingerprint density at radius 3 is 2.56 bits per heavy atom. The molecule has 1 amide bonds. The molecule has 0 atom stereocenters. The zero-order chi connectivity index (χ0) is 18.0. The lowest BCUT2D eigenvalue weighted by molar-refractivity contribution is 0.101. The van der Waals surface area contributed by atoms with Gasteiger partial charge in [0.25, 0.3) is 5.91 Å². The molecule has 0 aliphatic rings. The van der Waals surface area contributed by atoms with Gasteiger partial charge in [-0.15, -0.1) is 10.2 Å². The molecule has 1 aromatic carbocycles. The summed E-state index contributed by atoms with van der Waals surface area (Å²) in [4.78, 5) is 12.5. The molecule has 0 aliphatic heterocycles. The summed E-state index contributed by atoms with van der Waals surface area (Å²) in [5.74, 6) is 0.789. The number of aryl methyl sites for hydroxylation is 1. The fourth-order valence-electron chi connectivity index (χ4n) is 2.26. The zero-order valence-corrected chi connectivity index (χ0v) is 15.3. The van der Waals surface area contributed by atoms with Crippen LogP contribution < -0.4 is 10.1 Å². The molecule has 0 bridgehead atoms. The second-order valence-corrected chi connectivity index (χ2v) is 6.83. The molecule has 0 saturated carbocycles. The number of hydrogen-bond acceptors (Lipinski definition) is 6. The molecule has 25 heavy (non-hydrogen) atoms. The number of carbonyl (C=O) groups excluding carboxylic acids is 1. The minimum Gasteiger partial charge on any atom is -0.497 e. The fourth-order valence-corrected chi connectivity index (χ4v) is 3.00. The first-order valence-corrected chi connectivity index (χ1v) is 8.62. The van der Waals surface area contributed by atoms with Crippen LogP contribution in [0, 0.1) is 0 Å². The summed E-state index contributed by atoms with van der Waals surface area (Å²) in [5.41, 5.74) is 2.08. The predicted octanol–water partition coefficient (Wildman–Crippen LogP) is 3.32. The van der Waals surface area contributed by atoms with E-state index >= 15 is 0 Å². The lowest BCUT2D eigenvalue weighted by Crippen LogP contribution is -2.15. The molecule has 1 N–H and O–H groups in total. The molecule has 7 nitrogen and oxygen atoms in total. The molecule has 130 valence electrons. The van der Waals surface area contributed by atoms with Crippen LogP contribution in [0.25, 0.3) is 11.3 Å². The topological polar surface area (TPSA) is 81.9 Å². The number of rotatable bonds is 5. The molecule has 3 aromatic rings. The van der Waals surface area contributed by atoms with Crippen LogP contribution in [0.3, 0.4) is 0 Å². The molecule has 0 spiro atoms. The van der Waals surface area contributed by atoms with Gasteiger partial charge < -0.3 is 4.74 Å². The van der Waals surface area contributed by atoms with Crippen molar-refractivity contribution in [2.45, 2.75) is 19.8 Å². The van der Waals surface area contributed by atoms with Gasteiger partial charge in [-0.3, -0.25) is 14.8 Å². The van der Waals surface area contributed by atoms with Gasteiger partial charge in [-0.25, -0.2) is 0 Å². The van der Waals surface area contributed by atoms with Crippen LogP contribution in [0.15, 0.2) is 30.3 Å². The maximum Gasteiger partial charge on any atom is 0.275 e. The van der Waals surface area contributed by atoms with Gasteiger partial charge in [0, 0.05) is 18.5 Å². The van der Waals surface area contributed by atoms with E-state index < -0.39 is 0 Å². The highest BCUT2D eigenvalue weighted by molar-refractivity contribution is 7.15. The number of hydrogen-bond donors (Lipinski definition) is 1. The molecule has 0 aliphatic carbocycles. The monoisotopic (exact) mass is 357 g/mol. The molecule has 0 fully saturated rings. The van der Waals surface area contributed by atoms with E-state index in [9.17, 15) is 4.79 Å². The molecule has 0 radical (unpaired) electrons. The van der Waals surface area contributed by atoms with E-state index in [0.29, 0.717) is 10.8 Å². The van der Waals surface area contributed by atoms with Crippen LogP contribution >= 0.6 is 11.3 Å². The van der Waals surface area contributed by atoms with Crippen molar-refractivity contribution in [1.29, 1.82) is 0 Å². The minimum atomic E-state index is -0.263. The second-order valence-electron chi connectivity index (χ2n) is 5.82. The van der Waals surface area contributed by atoms with Crippen molar-refractivity contribution < 1.29 is 9.53 Å². The number of carbonyl (C=O) groups is 1. The standard InChI is InChI=1S/C17H19N5O2S/c1-10(2)16-19-20-17(25-16)18-15(23)14-9-13(21-22(14)3)11-5-7-12(24-4)8-6-11/h5-10H,1-4H3,(H,18,20,23). The first-order chi connectivity index (χ1) is 12.0. The maximum atomic E-state index is 12.5. The minimum absolute atomic E-state index is 0.263. The van der Waals surface area contributed by atoms with E-state index in [1.165, 1.54) is 11.3 Å². The quantitative estimate of drug-likeness (QED) is 0.757. The third kappa shape index (κ3) is 3.69. The van der Waals surface area contributed by atoms with Gasteiger partial charge in [0.2, 0.25) is 5.13 Å². The van der Waals surface area contributed by atoms with E-state index in [0.717, 1.165) is 22.0 Å². The van der Waals surface area contributed by atoms with E-state index in [4.69, 9.17) is 4.74 Å². The van der Waals surface area contributed by atoms with Gasteiger partial charge in [0.15, 0.2) is 0 Å². The largest absolute Gasteiger partial charge is 0.497 e. The number of anilines is 1. The molecule has 0 saturated heterocycles. The zero-order valence-electron chi connectivity index (χ0n) is 14.5. The number of methoxy groups -OCH3 is 1. The molecular formula is C17H19N5O2S. The third-order valence-electron chi connectivity index (χ3n) is 3.65. The Balaban J connectivity index is 1.79. The summed E-state index contributed by atoms with van der Waals surface area (Å²) in [6.45, 7) is 4.07. The van der Waals surface area contributed by atoms with Crippen molar-refractivity contribution >= 4 is 22.4 Å². The van der Waals surface area contributed by atoms with Gasteiger partial charge in [-0.1, -0.05) is 25.2 Å². The van der Waals surface area contributed by atoms with E-state index in [2.05, 4.69) is 20.6 Å². The number of nitrogens with one attached hydrogen (secondary N) is 1. The molecule has 3 rings (SSSR count). The first kappa shape index (κ1) is 17.1. The summed E-state index contributed by atoms with van der Waals surface area (Å²) in [7, 11) is 3.36. The summed E-state index contributed by atoms with van der Waals surface area (Å²) in [6, 6.07) is 9.28. The van der Waals surface area contributed by atoms with Crippen molar-refractivity contribution in [1.82, 2.24) is 20.0 Å². The highest BCUT2D eigenvalue weighted by Crippen LogP contribution is 2.24. The van der Waals surface area contributed by atoms with Gasteiger partial charge in [-0.05, 0) is 30.3 Å². The SMILES string of the molecule is COc1ccc(-c2cc(C(=O)Nc3nnc(C(C)C)s3)n(C)n2)cc1. The number of benzene rings is 1. The maximum absolute atomic E-state index is 12.5. The van der Waals surface area contributed by atoms with Crippen molar-refractivity contribution in [3.63, 3.8) is 0 Å². The molecular weight excluding hydrogens is 338 g/mol. The van der Waals surface area contributed by atoms with Crippen molar-refractivity contribution in [3.05, 3.63) is 41.0 Å². The lowest BCUT2D eigenvalue weighted by Gasteiger charge is -2.00. The summed E-state index contributed by atoms with van der Waals surface area (Å²) in [5, 5.41) is 16.7. The fraction of sp³-hybridized carbons (Fsp3) is 0.294. The highest BCUT2D eigenvalue weighted by atomic mass is 32.1. The Morgan fingerprint density at radius 1 is 1.24 bits per heavy atom. The van der Waals surface area contributed by atoms with Gasteiger partial charge in [0.05, 0.1) is 12.8 Å². The van der Waals surface area contributed by atoms with E-state index in [1.807, 2.05) is 38.1 Å². The number of nitrogens with zero attached hydrogens (tertiary/aromatic N) is 4. The van der Waals surface area contributed by atoms with Crippen LogP contribution in [-0.2, 0) is 7.05 Å². The average Bonchev–Trinajstić information content (AvgIpc) is 3.22. The molecule has 2 heterocycles. The summed E-state index contributed by atoms with van der Waals surface area (Å²) < 4.78 is 6.71. The van der Waals surface area contributed by atoms with Crippen LogP contribution in [0.2, 0.25) is 0 Å². The van der Waals surface area contributed by atoms with E-state index in [-0.39, 0.29) is 11.8 Å². The third-order valence-corrected chi connectivity index (χ3v) is 4.79. The molecule has 0 unspecified atom stereocenters. The van der Waals surface area contributed by atoms with Crippen LogP contribution in [-0.4, -0.2) is 33.0 Å². The van der Waals surface area contributed by atoms with E-state index in [1.54, 1.807) is 24.9 Å². The number of amides is 1. The Labute approximate surface area is 149 Å². The van der Waals surface area contributed by atoms with Gasteiger partial charge >= 0.3 is 0 Å². The van der Waals surface area contributed by atoms with Crippen molar-refractivity contribution in [2.75, 3.05) is 12.4 Å². The van der Waals surface area contributed by atoms with Crippen molar-refractivity contribution in [2.24, 2.45) is 7.05 Å². The van der Waals surface area contributed by atoms with Gasteiger partial charge in [0.1, 0.15) is 16.5 Å². The Hall–Kier alpha value is -2.74. The summed E-state index contributed by atoms with van der Waals surface area (Å²) in [6.07, 6.45) is 0. The second kappa shape index (κ2) is 7.02. The lowest BCUT2D eigenvalue weighted by atomic mass is 10.1. The van der Waals surface area contributed by atoms with Crippen LogP contribution in [0.4, 0.5) is 5.13 Å². The normalized spacial score (nSPS) is 10.9.